The molecular weight excluding hydrogens is 182 g/mol. The monoisotopic (exact) mass is 197 g/mol. The molecule has 0 aromatic heterocycles. The van der Waals surface area contributed by atoms with Gasteiger partial charge in [0, 0.05) is 13.0 Å². The zero-order valence-corrected chi connectivity index (χ0v) is 8.19. The molecule has 14 heavy (non-hydrogen) atoms. The highest BCUT2D eigenvalue weighted by atomic mass is 16.4. The molecule has 78 valence electrons. The Morgan fingerprint density at radius 1 is 1.21 bits per heavy atom. The molecule has 2 bridgehead atoms. The maximum atomic E-state index is 10.9. The van der Waals surface area contributed by atoms with Crippen molar-refractivity contribution in [3.05, 3.63) is 0 Å². The molecule has 4 atom stereocenters. The Balaban J connectivity index is 1.96. The zero-order chi connectivity index (χ0) is 10.3. The number of rotatable bonds is 2. The molecule has 2 fully saturated rings. The van der Waals surface area contributed by atoms with Gasteiger partial charge in [0.15, 0.2) is 0 Å². The molecule has 0 heterocycles. The second-order valence-corrected chi connectivity index (χ2v) is 4.48. The van der Waals surface area contributed by atoms with Gasteiger partial charge in [-0.05, 0) is 31.1 Å². The van der Waals surface area contributed by atoms with Gasteiger partial charge in [-0.3, -0.25) is 9.59 Å². The lowest BCUT2D eigenvalue weighted by Crippen LogP contribution is -2.39. The molecule has 0 aromatic carbocycles. The molecule has 0 radical (unpaired) electrons. The van der Waals surface area contributed by atoms with Crippen molar-refractivity contribution in [2.75, 3.05) is 0 Å². The van der Waals surface area contributed by atoms with E-state index in [-0.39, 0.29) is 23.8 Å². The highest BCUT2D eigenvalue weighted by molar-refractivity contribution is 5.74. The van der Waals surface area contributed by atoms with E-state index in [1.807, 2.05) is 0 Å². The van der Waals surface area contributed by atoms with Crippen molar-refractivity contribution in [3.8, 4) is 0 Å². The molecular formula is C10H15NO3. The van der Waals surface area contributed by atoms with Gasteiger partial charge in [0.05, 0.1) is 5.92 Å². The Labute approximate surface area is 82.7 Å². The van der Waals surface area contributed by atoms with Gasteiger partial charge >= 0.3 is 5.97 Å². The van der Waals surface area contributed by atoms with Crippen LogP contribution < -0.4 is 5.32 Å². The Kier molecular flexibility index (Phi) is 2.21. The van der Waals surface area contributed by atoms with Crippen LogP contribution in [0, 0.1) is 17.8 Å². The van der Waals surface area contributed by atoms with Crippen molar-refractivity contribution in [3.63, 3.8) is 0 Å². The summed E-state index contributed by atoms with van der Waals surface area (Å²) in [5.74, 6) is -0.155. The molecule has 0 aromatic rings. The molecule has 0 aliphatic heterocycles. The number of nitrogens with one attached hydrogen (secondary N) is 1. The maximum Gasteiger partial charge on any atom is 0.306 e. The SMILES string of the molecule is CC(=O)NC1CC2CC1CC2C(=O)O. The number of carboxylic acid groups (broad SMARTS) is 1. The molecule has 2 N–H and O–H groups in total. The molecule has 4 heteroatoms. The fourth-order valence-corrected chi connectivity index (χ4v) is 3.02. The first-order valence-corrected chi connectivity index (χ1v) is 5.08. The summed E-state index contributed by atoms with van der Waals surface area (Å²) >= 11 is 0. The first-order valence-electron chi connectivity index (χ1n) is 5.08. The lowest BCUT2D eigenvalue weighted by Gasteiger charge is -2.25. The smallest absolute Gasteiger partial charge is 0.306 e. The van der Waals surface area contributed by atoms with Crippen molar-refractivity contribution >= 4 is 11.9 Å². The Morgan fingerprint density at radius 3 is 2.36 bits per heavy atom. The van der Waals surface area contributed by atoms with E-state index in [0.29, 0.717) is 5.92 Å². The van der Waals surface area contributed by atoms with Gasteiger partial charge in [-0.1, -0.05) is 0 Å². The highest BCUT2D eigenvalue weighted by Crippen LogP contribution is 2.48. The van der Waals surface area contributed by atoms with Crippen LogP contribution in [0.1, 0.15) is 26.2 Å². The van der Waals surface area contributed by atoms with E-state index >= 15 is 0 Å². The van der Waals surface area contributed by atoms with Crippen LogP contribution >= 0.6 is 0 Å². The van der Waals surface area contributed by atoms with Gasteiger partial charge in [-0.25, -0.2) is 0 Å². The Morgan fingerprint density at radius 2 is 1.93 bits per heavy atom. The van der Waals surface area contributed by atoms with Gasteiger partial charge in [0.1, 0.15) is 0 Å². The van der Waals surface area contributed by atoms with Gasteiger partial charge in [-0.2, -0.15) is 0 Å². The summed E-state index contributed by atoms with van der Waals surface area (Å²) in [7, 11) is 0. The quantitative estimate of drug-likeness (QED) is 0.682. The number of fused-ring (bicyclic) bond motifs is 2. The molecule has 0 saturated heterocycles. The summed E-state index contributed by atoms with van der Waals surface area (Å²) in [5.41, 5.74) is 0. The third kappa shape index (κ3) is 1.49. The number of carbonyl (C=O) groups is 2. The minimum atomic E-state index is -0.668. The number of amides is 1. The minimum absolute atomic E-state index is 0.00516. The fraction of sp³-hybridized carbons (Fsp3) is 0.800. The summed E-state index contributed by atoms with van der Waals surface area (Å²) in [6.45, 7) is 1.51. The van der Waals surface area contributed by atoms with Gasteiger partial charge in [0.25, 0.3) is 0 Å². The second kappa shape index (κ2) is 3.26. The molecule has 2 aliphatic carbocycles. The molecule has 4 nitrogen and oxygen atoms in total. The van der Waals surface area contributed by atoms with E-state index in [2.05, 4.69) is 5.32 Å². The molecule has 4 unspecified atom stereocenters. The second-order valence-electron chi connectivity index (χ2n) is 4.48. The molecule has 2 rings (SSSR count). The first kappa shape index (κ1) is 9.49. The predicted molar refractivity (Wildman–Crippen MR) is 49.6 cm³/mol. The first-order chi connectivity index (χ1) is 6.58. The van der Waals surface area contributed by atoms with Gasteiger partial charge < -0.3 is 10.4 Å². The Hall–Kier alpha value is -1.06. The normalized spacial score (nSPS) is 39.8. The van der Waals surface area contributed by atoms with Crippen LogP contribution in [0.15, 0.2) is 0 Å². The van der Waals surface area contributed by atoms with Crippen molar-refractivity contribution in [1.29, 1.82) is 0 Å². The lowest BCUT2D eigenvalue weighted by atomic mass is 9.86. The number of hydrogen-bond acceptors (Lipinski definition) is 2. The molecule has 1 amide bonds. The van der Waals surface area contributed by atoms with Crippen LogP contribution in [0.4, 0.5) is 0 Å². The van der Waals surface area contributed by atoms with Gasteiger partial charge in [-0.15, -0.1) is 0 Å². The fourth-order valence-electron chi connectivity index (χ4n) is 3.02. The van der Waals surface area contributed by atoms with Crippen molar-refractivity contribution < 1.29 is 14.7 Å². The van der Waals surface area contributed by atoms with Crippen LogP contribution in [-0.4, -0.2) is 23.0 Å². The van der Waals surface area contributed by atoms with E-state index in [1.54, 1.807) is 0 Å². The number of carboxylic acids is 1. The number of carbonyl (C=O) groups excluding carboxylic acids is 1. The highest BCUT2D eigenvalue weighted by Gasteiger charge is 2.48. The van der Waals surface area contributed by atoms with E-state index < -0.39 is 5.97 Å². The van der Waals surface area contributed by atoms with Crippen LogP contribution in [-0.2, 0) is 9.59 Å². The van der Waals surface area contributed by atoms with Crippen LogP contribution in [0.5, 0.6) is 0 Å². The van der Waals surface area contributed by atoms with E-state index in [1.165, 1.54) is 6.92 Å². The third-order valence-electron chi connectivity index (χ3n) is 3.56. The summed E-state index contributed by atoms with van der Waals surface area (Å²) in [6.07, 6.45) is 2.56. The van der Waals surface area contributed by atoms with E-state index in [9.17, 15) is 9.59 Å². The Bertz CT molecular complexity index is 277. The molecule has 2 aliphatic rings. The van der Waals surface area contributed by atoms with Crippen molar-refractivity contribution in [2.24, 2.45) is 17.8 Å². The largest absolute Gasteiger partial charge is 0.481 e. The number of hydrogen-bond donors (Lipinski definition) is 2. The average molecular weight is 197 g/mol. The minimum Gasteiger partial charge on any atom is -0.481 e. The summed E-state index contributed by atoms with van der Waals surface area (Å²) in [6, 6.07) is 0.230. The molecule has 2 saturated carbocycles. The summed E-state index contributed by atoms with van der Waals surface area (Å²) in [5, 5.41) is 11.8. The van der Waals surface area contributed by atoms with Crippen molar-refractivity contribution in [2.45, 2.75) is 32.2 Å². The third-order valence-corrected chi connectivity index (χ3v) is 3.56. The van der Waals surface area contributed by atoms with Crippen molar-refractivity contribution in [1.82, 2.24) is 5.32 Å². The zero-order valence-electron chi connectivity index (χ0n) is 8.19. The van der Waals surface area contributed by atoms with Crippen LogP contribution in [0.2, 0.25) is 0 Å². The maximum absolute atomic E-state index is 10.9. The predicted octanol–water partition coefficient (Wildman–Crippen LogP) is 0.622. The summed E-state index contributed by atoms with van der Waals surface area (Å²) < 4.78 is 0. The van der Waals surface area contributed by atoms with Crippen LogP contribution in [0.3, 0.4) is 0 Å². The van der Waals surface area contributed by atoms with Crippen LogP contribution in [0.25, 0.3) is 0 Å². The standard InChI is InChI=1S/C10H15NO3/c1-5(12)11-9-4-6-2-7(9)3-8(6)10(13)14/h6-9H,2-4H2,1H3,(H,11,12)(H,13,14). The van der Waals surface area contributed by atoms with E-state index in [4.69, 9.17) is 5.11 Å². The number of aliphatic carboxylic acids is 1. The van der Waals surface area contributed by atoms with Gasteiger partial charge in [0.2, 0.25) is 5.91 Å². The average Bonchev–Trinajstić information content (AvgIpc) is 2.60. The van der Waals surface area contributed by atoms with E-state index in [0.717, 1.165) is 19.3 Å². The topological polar surface area (TPSA) is 66.4 Å². The summed E-state index contributed by atoms with van der Waals surface area (Å²) in [4.78, 5) is 21.7. The lowest BCUT2D eigenvalue weighted by molar-refractivity contribution is -0.143. The molecule has 0 spiro atoms.